The third-order valence-electron chi connectivity index (χ3n) is 2.89. The molecule has 0 saturated carbocycles. The van der Waals surface area contributed by atoms with E-state index >= 15 is 0 Å². The van der Waals surface area contributed by atoms with Gasteiger partial charge in [-0.2, -0.15) is 0 Å². The second kappa shape index (κ2) is 7.02. The zero-order chi connectivity index (χ0) is 15.3. The normalized spacial score (nSPS) is 13.0. The van der Waals surface area contributed by atoms with E-state index in [9.17, 15) is 8.42 Å². The van der Waals surface area contributed by atoms with Crippen LogP contribution in [0.3, 0.4) is 0 Å². The number of hydrogen-bond acceptors (Lipinski definition) is 5. The standard InChI is InChI=1S/C14H19N3O2S2/c1-3-8-15-12-6-4-9-16-14(12)21(18,19)17-11(2)13-7-5-10-20-13/h4-7,9-11,15,17H,3,8H2,1-2H3. The highest BCUT2D eigenvalue weighted by molar-refractivity contribution is 7.89. The quantitative estimate of drug-likeness (QED) is 0.821. The van der Waals surface area contributed by atoms with Gasteiger partial charge in [0.2, 0.25) is 0 Å². The predicted molar refractivity (Wildman–Crippen MR) is 86.1 cm³/mol. The van der Waals surface area contributed by atoms with Crippen LogP contribution in [0.1, 0.15) is 31.2 Å². The highest BCUT2D eigenvalue weighted by Gasteiger charge is 2.23. The van der Waals surface area contributed by atoms with Gasteiger partial charge in [0.05, 0.1) is 11.7 Å². The number of pyridine rings is 1. The van der Waals surface area contributed by atoms with Crippen molar-refractivity contribution in [2.75, 3.05) is 11.9 Å². The maximum atomic E-state index is 12.5. The number of nitrogens with one attached hydrogen (secondary N) is 2. The van der Waals surface area contributed by atoms with E-state index in [-0.39, 0.29) is 11.1 Å². The molecule has 0 spiro atoms. The van der Waals surface area contributed by atoms with Gasteiger partial charge in [-0.3, -0.25) is 0 Å². The van der Waals surface area contributed by atoms with Crippen molar-refractivity contribution in [3.05, 3.63) is 40.7 Å². The van der Waals surface area contributed by atoms with Crippen molar-refractivity contribution in [2.24, 2.45) is 0 Å². The molecule has 0 aromatic carbocycles. The van der Waals surface area contributed by atoms with E-state index in [2.05, 4.69) is 15.0 Å². The van der Waals surface area contributed by atoms with Gasteiger partial charge in [-0.1, -0.05) is 13.0 Å². The Morgan fingerprint density at radius 2 is 2.14 bits per heavy atom. The molecule has 0 aliphatic rings. The van der Waals surface area contributed by atoms with Crippen molar-refractivity contribution in [1.82, 2.24) is 9.71 Å². The second-order valence-electron chi connectivity index (χ2n) is 4.64. The number of thiophene rings is 1. The fraction of sp³-hybridized carbons (Fsp3) is 0.357. The summed E-state index contributed by atoms with van der Waals surface area (Å²) in [6, 6.07) is 6.98. The Labute approximate surface area is 129 Å². The van der Waals surface area contributed by atoms with Crippen LogP contribution in [-0.4, -0.2) is 19.9 Å². The maximum absolute atomic E-state index is 12.5. The van der Waals surface area contributed by atoms with Crippen LogP contribution in [0, 0.1) is 0 Å². The second-order valence-corrected chi connectivity index (χ2v) is 7.25. The summed E-state index contributed by atoms with van der Waals surface area (Å²) < 4.78 is 27.7. The van der Waals surface area contributed by atoms with Gasteiger partial charge in [0.15, 0.2) is 5.03 Å². The third-order valence-corrected chi connectivity index (χ3v) is 5.45. The fourth-order valence-electron chi connectivity index (χ4n) is 1.88. The average Bonchev–Trinajstić information content (AvgIpc) is 2.99. The molecular weight excluding hydrogens is 306 g/mol. The summed E-state index contributed by atoms with van der Waals surface area (Å²) in [6.07, 6.45) is 2.40. The summed E-state index contributed by atoms with van der Waals surface area (Å²) in [5, 5.41) is 5.07. The topological polar surface area (TPSA) is 71.1 Å². The molecule has 2 aromatic rings. The first-order chi connectivity index (χ1) is 10.0. The first-order valence-electron chi connectivity index (χ1n) is 6.79. The summed E-state index contributed by atoms with van der Waals surface area (Å²) in [5.41, 5.74) is 0.533. The minimum Gasteiger partial charge on any atom is -0.383 e. The van der Waals surface area contributed by atoms with Gasteiger partial charge >= 0.3 is 0 Å². The predicted octanol–water partition coefficient (Wildman–Crippen LogP) is 3.00. The van der Waals surface area contributed by atoms with Gasteiger partial charge in [-0.15, -0.1) is 11.3 Å². The van der Waals surface area contributed by atoms with Crippen molar-refractivity contribution in [1.29, 1.82) is 0 Å². The Morgan fingerprint density at radius 1 is 1.33 bits per heavy atom. The first-order valence-corrected chi connectivity index (χ1v) is 9.15. The highest BCUT2D eigenvalue weighted by atomic mass is 32.2. The Balaban J connectivity index is 2.23. The summed E-state index contributed by atoms with van der Waals surface area (Å²) in [4.78, 5) is 5.00. The Hall–Kier alpha value is -1.44. The molecule has 2 rings (SSSR count). The number of nitrogens with zero attached hydrogens (tertiary/aromatic N) is 1. The van der Waals surface area contributed by atoms with Crippen LogP contribution in [0.4, 0.5) is 5.69 Å². The summed E-state index contributed by atoms with van der Waals surface area (Å²) >= 11 is 1.52. The fourth-order valence-corrected chi connectivity index (χ4v) is 4.03. The molecule has 0 aliphatic carbocycles. The molecule has 1 unspecified atom stereocenters. The lowest BCUT2D eigenvalue weighted by molar-refractivity contribution is 0.565. The van der Waals surface area contributed by atoms with Gasteiger partial charge in [0.1, 0.15) is 0 Å². The van der Waals surface area contributed by atoms with Crippen LogP contribution >= 0.6 is 11.3 Å². The summed E-state index contributed by atoms with van der Waals surface area (Å²) in [6.45, 7) is 4.55. The van der Waals surface area contributed by atoms with Gasteiger partial charge < -0.3 is 5.32 Å². The molecule has 0 bridgehead atoms. The lowest BCUT2D eigenvalue weighted by Gasteiger charge is -2.15. The van der Waals surface area contributed by atoms with Gasteiger partial charge in [-0.05, 0) is 36.9 Å². The molecule has 2 N–H and O–H groups in total. The molecule has 0 radical (unpaired) electrons. The molecule has 0 saturated heterocycles. The largest absolute Gasteiger partial charge is 0.383 e. The number of aromatic nitrogens is 1. The summed E-state index contributed by atoms with van der Waals surface area (Å²) in [7, 11) is -3.66. The van der Waals surface area contributed by atoms with Crippen LogP contribution in [0.15, 0.2) is 40.9 Å². The maximum Gasteiger partial charge on any atom is 0.260 e. The molecular formula is C14H19N3O2S2. The summed E-state index contributed by atoms with van der Waals surface area (Å²) in [5.74, 6) is 0. The first kappa shape index (κ1) is 15.9. The molecule has 2 aromatic heterocycles. The molecule has 2 heterocycles. The van der Waals surface area contributed by atoms with Gasteiger partial charge in [0.25, 0.3) is 10.0 Å². The molecule has 0 fully saturated rings. The number of sulfonamides is 1. The van der Waals surface area contributed by atoms with Crippen LogP contribution in [0.25, 0.3) is 0 Å². The van der Waals surface area contributed by atoms with E-state index in [4.69, 9.17) is 0 Å². The van der Waals surface area contributed by atoms with Crippen LogP contribution < -0.4 is 10.0 Å². The van der Waals surface area contributed by atoms with Crippen molar-refractivity contribution in [2.45, 2.75) is 31.3 Å². The van der Waals surface area contributed by atoms with Gasteiger partial charge in [-0.25, -0.2) is 18.1 Å². The van der Waals surface area contributed by atoms with E-state index < -0.39 is 10.0 Å². The Kier molecular flexibility index (Phi) is 5.33. The van der Waals surface area contributed by atoms with Crippen molar-refractivity contribution >= 4 is 27.0 Å². The molecule has 0 aliphatic heterocycles. The zero-order valence-electron chi connectivity index (χ0n) is 12.0. The van der Waals surface area contributed by atoms with Gasteiger partial charge in [0, 0.05) is 17.6 Å². The monoisotopic (exact) mass is 325 g/mol. The van der Waals surface area contributed by atoms with Crippen LogP contribution in [-0.2, 0) is 10.0 Å². The SMILES string of the molecule is CCCNc1cccnc1S(=O)(=O)NC(C)c1cccs1. The van der Waals surface area contributed by atoms with E-state index in [0.717, 1.165) is 11.3 Å². The molecule has 21 heavy (non-hydrogen) atoms. The van der Waals surface area contributed by atoms with E-state index in [1.165, 1.54) is 17.5 Å². The van der Waals surface area contributed by atoms with Crippen molar-refractivity contribution in [3.8, 4) is 0 Å². The zero-order valence-corrected chi connectivity index (χ0v) is 13.7. The number of rotatable bonds is 7. The molecule has 0 amide bonds. The van der Waals surface area contributed by atoms with E-state index in [0.29, 0.717) is 12.2 Å². The van der Waals surface area contributed by atoms with E-state index in [1.807, 2.05) is 31.4 Å². The third kappa shape index (κ3) is 4.03. The van der Waals surface area contributed by atoms with Crippen molar-refractivity contribution in [3.63, 3.8) is 0 Å². The molecule has 114 valence electrons. The molecule has 5 nitrogen and oxygen atoms in total. The lowest BCUT2D eigenvalue weighted by atomic mass is 10.3. The Morgan fingerprint density at radius 3 is 2.81 bits per heavy atom. The highest BCUT2D eigenvalue weighted by Crippen LogP contribution is 2.23. The Bertz CT molecular complexity index is 669. The molecule has 1 atom stereocenters. The lowest BCUT2D eigenvalue weighted by Crippen LogP contribution is -2.28. The number of anilines is 1. The molecule has 7 heteroatoms. The average molecular weight is 325 g/mol. The smallest absolute Gasteiger partial charge is 0.260 e. The minimum absolute atomic E-state index is 0.0434. The van der Waals surface area contributed by atoms with Crippen LogP contribution in [0.5, 0.6) is 0 Å². The minimum atomic E-state index is -3.66. The van der Waals surface area contributed by atoms with E-state index in [1.54, 1.807) is 12.1 Å². The van der Waals surface area contributed by atoms with Crippen LogP contribution in [0.2, 0.25) is 0 Å². The van der Waals surface area contributed by atoms with Crippen molar-refractivity contribution < 1.29 is 8.42 Å². The number of hydrogen-bond donors (Lipinski definition) is 2.